The smallest absolute Gasteiger partial charge is 0.419 e. The third-order valence-electron chi connectivity index (χ3n) is 4.60. The monoisotopic (exact) mass is 387 g/mol. The number of nitrogens with zero attached hydrogens (tertiary/aromatic N) is 3. The summed E-state index contributed by atoms with van der Waals surface area (Å²) >= 11 is 0. The first-order valence-corrected chi connectivity index (χ1v) is 8.99. The summed E-state index contributed by atoms with van der Waals surface area (Å²) in [7, 11) is 0. The van der Waals surface area contributed by atoms with Crippen molar-refractivity contribution in [3.8, 4) is 0 Å². The Morgan fingerprint density at radius 1 is 1.33 bits per heavy atom. The molecule has 1 aromatic rings. The molecule has 0 spiro atoms. The second-order valence-electron chi connectivity index (χ2n) is 6.33. The molecule has 1 aromatic heterocycles. The number of rotatable bonds is 6. The Morgan fingerprint density at radius 3 is 2.67 bits per heavy atom. The van der Waals surface area contributed by atoms with Gasteiger partial charge in [0.25, 0.3) is 5.91 Å². The van der Waals surface area contributed by atoms with Crippen LogP contribution < -0.4 is 4.90 Å². The number of amides is 1. The summed E-state index contributed by atoms with van der Waals surface area (Å²) in [6, 6.07) is 2.22. The number of hydrogen-bond donors (Lipinski definition) is 0. The normalized spacial score (nSPS) is 17.5. The highest BCUT2D eigenvalue weighted by Gasteiger charge is 2.37. The lowest BCUT2D eigenvalue weighted by atomic mass is 9.98. The summed E-state index contributed by atoms with van der Waals surface area (Å²) in [4.78, 5) is 31.1. The number of alkyl halides is 3. The second-order valence-corrected chi connectivity index (χ2v) is 6.33. The molecule has 6 nitrogen and oxygen atoms in total. The van der Waals surface area contributed by atoms with Crippen molar-refractivity contribution in [3.63, 3.8) is 0 Å². The average Bonchev–Trinajstić information content (AvgIpc) is 2.66. The molecule has 27 heavy (non-hydrogen) atoms. The zero-order valence-electron chi connectivity index (χ0n) is 15.5. The predicted molar refractivity (Wildman–Crippen MR) is 93.1 cm³/mol. The average molecular weight is 387 g/mol. The molecule has 2 heterocycles. The van der Waals surface area contributed by atoms with Crippen LogP contribution in [-0.4, -0.2) is 54.5 Å². The Bertz CT molecular complexity index is 663. The Hall–Kier alpha value is -2.32. The van der Waals surface area contributed by atoms with Crippen LogP contribution >= 0.6 is 0 Å². The van der Waals surface area contributed by atoms with Gasteiger partial charge in [-0.25, -0.2) is 4.98 Å². The fourth-order valence-corrected chi connectivity index (χ4v) is 3.15. The van der Waals surface area contributed by atoms with Crippen molar-refractivity contribution in [1.82, 2.24) is 9.88 Å². The lowest BCUT2D eigenvalue weighted by molar-refractivity contribution is -0.155. The minimum absolute atomic E-state index is 0.0817. The van der Waals surface area contributed by atoms with E-state index in [-0.39, 0.29) is 24.9 Å². The first-order chi connectivity index (χ1) is 12.8. The van der Waals surface area contributed by atoms with Crippen molar-refractivity contribution in [2.24, 2.45) is 5.92 Å². The van der Waals surface area contributed by atoms with E-state index < -0.39 is 23.6 Å². The maximum atomic E-state index is 13.2. The van der Waals surface area contributed by atoms with Crippen LogP contribution in [0.15, 0.2) is 18.3 Å². The molecule has 0 radical (unpaired) electrons. The standard InChI is InChI=1S/C18H24F3N3O3/c1-3-23(4-2)15(25)12-27-17(26)13-7-6-10-24(11-13)16-14(18(19,20)21)8-5-9-22-16/h5,8-9,13H,3-4,6-7,10-12H2,1-2H3. The Balaban J connectivity index is 2.02. The van der Waals surface area contributed by atoms with Crippen LogP contribution in [0.25, 0.3) is 0 Å². The maximum absolute atomic E-state index is 13.2. The third-order valence-corrected chi connectivity index (χ3v) is 4.60. The van der Waals surface area contributed by atoms with E-state index in [9.17, 15) is 22.8 Å². The molecule has 1 aliphatic rings. The molecule has 1 fully saturated rings. The van der Waals surface area contributed by atoms with Gasteiger partial charge in [-0.15, -0.1) is 0 Å². The van der Waals surface area contributed by atoms with Crippen molar-refractivity contribution >= 4 is 17.7 Å². The van der Waals surface area contributed by atoms with Crippen molar-refractivity contribution in [2.75, 3.05) is 37.7 Å². The molecule has 0 bridgehead atoms. The molecule has 1 aliphatic heterocycles. The number of carbonyl (C=O) groups is 2. The number of likely N-dealkylation sites (N-methyl/N-ethyl adjacent to an activating group) is 1. The van der Waals surface area contributed by atoms with E-state index >= 15 is 0 Å². The number of aromatic nitrogens is 1. The number of piperidine rings is 1. The number of carbonyl (C=O) groups excluding carboxylic acids is 2. The van der Waals surface area contributed by atoms with E-state index in [1.165, 1.54) is 17.2 Å². The molecule has 0 N–H and O–H groups in total. The number of ether oxygens (including phenoxy) is 1. The van der Waals surface area contributed by atoms with Gasteiger partial charge < -0.3 is 14.5 Å². The molecule has 1 saturated heterocycles. The number of hydrogen-bond acceptors (Lipinski definition) is 5. The molecular weight excluding hydrogens is 363 g/mol. The first kappa shape index (κ1) is 21.0. The zero-order valence-corrected chi connectivity index (χ0v) is 15.5. The molecule has 9 heteroatoms. The van der Waals surface area contributed by atoms with Gasteiger partial charge in [-0.1, -0.05) is 0 Å². The molecular formula is C18H24F3N3O3. The highest BCUT2D eigenvalue weighted by atomic mass is 19.4. The fourth-order valence-electron chi connectivity index (χ4n) is 3.15. The Morgan fingerprint density at radius 2 is 2.04 bits per heavy atom. The quantitative estimate of drug-likeness (QED) is 0.703. The molecule has 1 amide bonds. The summed E-state index contributed by atoms with van der Waals surface area (Å²) in [5.41, 5.74) is -0.823. The lowest BCUT2D eigenvalue weighted by Crippen LogP contribution is -2.42. The minimum atomic E-state index is -4.52. The van der Waals surface area contributed by atoms with Gasteiger partial charge >= 0.3 is 12.1 Å². The van der Waals surface area contributed by atoms with Crippen LogP contribution in [0.5, 0.6) is 0 Å². The van der Waals surface area contributed by atoms with Crippen LogP contribution in [-0.2, 0) is 20.5 Å². The maximum Gasteiger partial charge on any atom is 0.419 e. The van der Waals surface area contributed by atoms with Gasteiger partial charge in [0.15, 0.2) is 6.61 Å². The summed E-state index contributed by atoms with van der Waals surface area (Å²) < 4.78 is 44.7. The van der Waals surface area contributed by atoms with Crippen molar-refractivity contribution in [1.29, 1.82) is 0 Å². The van der Waals surface area contributed by atoms with Crippen LogP contribution in [0.2, 0.25) is 0 Å². The van der Waals surface area contributed by atoms with Gasteiger partial charge in [0.2, 0.25) is 0 Å². The largest absolute Gasteiger partial charge is 0.455 e. The van der Waals surface area contributed by atoms with E-state index in [0.29, 0.717) is 32.5 Å². The summed E-state index contributed by atoms with van der Waals surface area (Å²) in [5.74, 6) is -1.62. The first-order valence-electron chi connectivity index (χ1n) is 8.99. The number of pyridine rings is 1. The van der Waals surface area contributed by atoms with E-state index in [0.717, 1.165) is 6.07 Å². The molecule has 0 saturated carbocycles. The molecule has 150 valence electrons. The highest BCUT2D eigenvalue weighted by molar-refractivity contribution is 5.81. The van der Waals surface area contributed by atoms with Crippen LogP contribution in [0, 0.1) is 5.92 Å². The van der Waals surface area contributed by atoms with Crippen LogP contribution in [0.4, 0.5) is 19.0 Å². The number of anilines is 1. The summed E-state index contributed by atoms with van der Waals surface area (Å²) in [6.45, 7) is 4.80. The van der Waals surface area contributed by atoms with Crippen molar-refractivity contribution in [2.45, 2.75) is 32.9 Å². The van der Waals surface area contributed by atoms with Crippen LogP contribution in [0.3, 0.4) is 0 Å². The van der Waals surface area contributed by atoms with E-state index in [2.05, 4.69) is 4.98 Å². The van der Waals surface area contributed by atoms with E-state index in [1.807, 2.05) is 13.8 Å². The number of esters is 1. The number of halogens is 3. The molecule has 0 aromatic carbocycles. The van der Waals surface area contributed by atoms with Crippen molar-refractivity contribution in [3.05, 3.63) is 23.9 Å². The fraction of sp³-hybridized carbons (Fsp3) is 0.611. The Kier molecular flexibility index (Phi) is 7.04. The SMILES string of the molecule is CCN(CC)C(=O)COC(=O)C1CCCN(c2ncccc2C(F)(F)F)C1. The van der Waals surface area contributed by atoms with E-state index in [1.54, 1.807) is 4.90 Å². The van der Waals surface area contributed by atoms with Gasteiger partial charge in [0, 0.05) is 32.4 Å². The zero-order chi connectivity index (χ0) is 20.0. The third kappa shape index (κ3) is 5.33. The Labute approximate surface area is 156 Å². The second kappa shape index (κ2) is 9.05. The molecule has 1 atom stereocenters. The van der Waals surface area contributed by atoms with Gasteiger partial charge in [-0.2, -0.15) is 13.2 Å². The van der Waals surface area contributed by atoms with Gasteiger partial charge in [0.05, 0.1) is 11.5 Å². The topological polar surface area (TPSA) is 62.7 Å². The van der Waals surface area contributed by atoms with E-state index in [4.69, 9.17) is 4.74 Å². The van der Waals surface area contributed by atoms with Gasteiger partial charge in [-0.3, -0.25) is 9.59 Å². The van der Waals surface area contributed by atoms with Crippen LogP contribution in [0.1, 0.15) is 32.3 Å². The van der Waals surface area contributed by atoms with Gasteiger partial charge in [0.1, 0.15) is 5.82 Å². The highest BCUT2D eigenvalue weighted by Crippen LogP contribution is 2.36. The predicted octanol–water partition coefficient (Wildman–Crippen LogP) is 2.73. The van der Waals surface area contributed by atoms with Gasteiger partial charge in [-0.05, 0) is 38.8 Å². The molecule has 1 unspecified atom stereocenters. The summed E-state index contributed by atoms with van der Waals surface area (Å²) in [5, 5.41) is 0. The minimum Gasteiger partial charge on any atom is -0.455 e. The van der Waals surface area contributed by atoms with Crippen molar-refractivity contribution < 1.29 is 27.5 Å². The molecule has 2 rings (SSSR count). The lowest BCUT2D eigenvalue weighted by Gasteiger charge is -2.33. The summed E-state index contributed by atoms with van der Waals surface area (Å²) in [6.07, 6.45) is -2.18. The molecule has 0 aliphatic carbocycles.